The van der Waals surface area contributed by atoms with E-state index in [1.54, 1.807) is 0 Å². The van der Waals surface area contributed by atoms with E-state index < -0.39 is 0 Å². The van der Waals surface area contributed by atoms with Crippen LogP contribution in [0.15, 0.2) is 0 Å². The topological polar surface area (TPSA) is 38.3 Å². The van der Waals surface area contributed by atoms with E-state index in [2.05, 4.69) is 10.1 Å². The predicted molar refractivity (Wildman–Crippen MR) is 35.6 cm³/mol. The van der Waals surface area contributed by atoms with Crippen molar-refractivity contribution in [2.45, 2.75) is 0 Å². The number of hydrogen-bond acceptors (Lipinski definition) is 3. The van der Waals surface area contributed by atoms with Gasteiger partial charge in [0, 0.05) is 12.4 Å². The lowest BCUT2D eigenvalue weighted by molar-refractivity contribution is -0.139. The second-order valence-electron chi connectivity index (χ2n) is 1.44. The summed E-state index contributed by atoms with van der Waals surface area (Å²) in [6.07, 6.45) is 0. The van der Waals surface area contributed by atoms with Gasteiger partial charge in [-0.2, -0.15) is 0 Å². The first-order valence-electron chi connectivity index (χ1n) is 2.64. The van der Waals surface area contributed by atoms with E-state index in [1.165, 1.54) is 7.11 Å². The van der Waals surface area contributed by atoms with Gasteiger partial charge in [-0.3, -0.25) is 4.79 Å². The number of hydrogen-bond donors (Lipinski definition) is 1. The van der Waals surface area contributed by atoms with E-state index in [-0.39, 0.29) is 12.5 Å². The van der Waals surface area contributed by atoms with Crippen molar-refractivity contribution in [3.05, 3.63) is 0 Å². The van der Waals surface area contributed by atoms with E-state index in [4.69, 9.17) is 11.6 Å². The molecule has 1 N–H and O–H groups in total. The number of carbonyl (C=O) groups is 1. The van der Waals surface area contributed by atoms with Crippen LogP contribution in [0.25, 0.3) is 0 Å². The van der Waals surface area contributed by atoms with Gasteiger partial charge in [-0.15, -0.1) is 11.6 Å². The molecule has 0 aliphatic heterocycles. The Kier molecular flexibility index (Phi) is 5.67. The zero-order valence-corrected chi connectivity index (χ0v) is 6.07. The molecule has 0 aromatic heterocycles. The lowest BCUT2D eigenvalue weighted by Crippen LogP contribution is -2.25. The second-order valence-corrected chi connectivity index (χ2v) is 1.82. The van der Waals surface area contributed by atoms with Crippen molar-refractivity contribution < 1.29 is 9.53 Å². The number of carbonyl (C=O) groups excluding carboxylic acids is 1. The summed E-state index contributed by atoms with van der Waals surface area (Å²) < 4.78 is 4.35. The van der Waals surface area contributed by atoms with Gasteiger partial charge >= 0.3 is 5.97 Å². The number of rotatable bonds is 4. The Hall–Kier alpha value is -0.280. The Morgan fingerprint density at radius 2 is 2.44 bits per heavy atom. The maximum Gasteiger partial charge on any atom is 0.319 e. The Labute approximate surface area is 59.3 Å². The predicted octanol–water partition coefficient (Wildman–Crippen LogP) is -0.0122. The molecule has 0 saturated carbocycles. The zero-order chi connectivity index (χ0) is 7.11. The highest BCUT2D eigenvalue weighted by Crippen LogP contribution is 1.71. The van der Waals surface area contributed by atoms with Crippen LogP contribution in [0.3, 0.4) is 0 Å². The third-order valence-electron chi connectivity index (χ3n) is 0.768. The van der Waals surface area contributed by atoms with Crippen molar-refractivity contribution in [1.29, 1.82) is 0 Å². The molecule has 0 fully saturated rings. The van der Waals surface area contributed by atoms with Crippen LogP contribution in [0.4, 0.5) is 0 Å². The van der Waals surface area contributed by atoms with Gasteiger partial charge in [-0.25, -0.2) is 0 Å². The number of esters is 1. The molecule has 0 aliphatic rings. The summed E-state index contributed by atoms with van der Waals surface area (Å²) in [5, 5.41) is 2.78. The molecule has 3 nitrogen and oxygen atoms in total. The van der Waals surface area contributed by atoms with Crippen LogP contribution >= 0.6 is 11.6 Å². The molecule has 0 bridgehead atoms. The molecule has 0 unspecified atom stereocenters. The van der Waals surface area contributed by atoms with E-state index >= 15 is 0 Å². The Morgan fingerprint density at radius 3 is 2.89 bits per heavy atom. The lowest BCUT2D eigenvalue weighted by atomic mass is 10.6. The molecular formula is C5H10ClNO2. The Balaban J connectivity index is 2.97. The number of nitrogens with one attached hydrogen (secondary N) is 1. The summed E-state index contributed by atoms with van der Waals surface area (Å²) in [7, 11) is 1.35. The molecule has 54 valence electrons. The van der Waals surface area contributed by atoms with Crippen molar-refractivity contribution in [2.75, 3.05) is 26.1 Å². The fraction of sp³-hybridized carbons (Fsp3) is 0.800. The van der Waals surface area contributed by atoms with E-state index in [9.17, 15) is 4.79 Å². The first kappa shape index (κ1) is 8.72. The quantitative estimate of drug-likeness (QED) is 0.349. The minimum atomic E-state index is -0.264. The van der Waals surface area contributed by atoms with Crippen LogP contribution in [-0.2, 0) is 9.53 Å². The van der Waals surface area contributed by atoms with Crippen LogP contribution in [-0.4, -0.2) is 32.0 Å². The summed E-state index contributed by atoms with van der Waals surface area (Å²) in [6, 6.07) is 0. The summed E-state index contributed by atoms with van der Waals surface area (Å²) in [5.41, 5.74) is 0. The molecular weight excluding hydrogens is 142 g/mol. The van der Waals surface area contributed by atoms with Crippen molar-refractivity contribution in [3.8, 4) is 0 Å². The number of ether oxygens (including phenoxy) is 1. The lowest BCUT2D eigenvalue weighted by Gasteiger charge is -1.98. The molecule has 0 aromatic carbocycles. The van der Waals surface area contributed by atoms with Crippen molar-refractivity contribution in [3.63, 3.8) is 0 Å². The standard InChI is InChI=1S/C5H10ClNO2/c1-9-5(8)4-7-3-2-6/h7H,2-4H2,1H3. The van der Waals surface area contributed by atoms with Crippen LogP contribution in [0.5, 0.6) is 0 Å². The van der Waals surface area contributed by atoms with Crippen molar-refractivity contribution in [1.82, 2.24) is 5.32 Å². The SMILES string of the molecule is COC(=O)CNCCCl. The largest absolute Gasteiger partial charge is 0.468 e. The summed E-state index contributed by atoms with van der Waals surface area (Å²) in [4.78, 5) is 10.4. The summed E-state index contributed by atoms with van der Waals surface area (Å²) >= 11 is 5.31. The third-order valence-corrected chi connectivity index (χ3v) is 0.957. The maximum atomic E-state index is 10.4. The maximum absolute atomic E-state index is 10.4. The first-order valence-corrected chi connectivity index (χ1v) is 3.18. The van der Waals surface area contributed by atoms with Gasteiger partial charge in [0.1, 0.15) is 0 Å². The summed E-state index contributed by atoms with van der Waals surface area (Å²) in [5.74, 6) is 0.247. The van der Waals surface area contributed by atoms with E-state index in [0.29, 0.717) is 12.4 Å². The fourth-order valence-corrected chi connectivity index (χ4v) is 0.463. The molecule has 0 radical (unpaired) electrons. The van der Waals surface area contributed by atoms with Crippen LogP contribution in [0.1, 0.15) is 0 Å². The highest BCUT2D eigenvalue weighted by molar-refractivity contribution is 6.18. The average molecular weight is 152 g/mol. The molecule has 0 amide bonds. The second kappa shape index (κ2) is 5.85. The van der Waals surface area contributed by atoms with E-state index in [0.717, 1.165) is 0 Å². The highest BCUT2D eigenvalue weighted by Gasteiger charge is 1.95. The van der Waals surface area contributed by atoms with Gasteiger partial charge in [0.15, 0.2) is 0 Å². The molecule has 0 rings (SSSR count). The van der Waals surface area contributed by atoms with Crippen LogP contribution < -0.4 is 5.32 Å². The number of methoxy groups -OCH3 is 1. The van der Waals surface area contributed by atoms with E-state index in [1.807, 2.05) is 0 Å². The van der Waals surface area contributed by atoms with Gasteiger partial charge in [0.05, 0.1) is 13.7 Å². The van der Waals surface area contributed by atoms with Crippen molar-refractivity contribution in [2.24, 2.45) is 0 Å². The van der Waals surface area contributed by atoms with Gasteiger partial charge in [-0.1, -0.05) is 0 Å². The van der Waals surface area contributed by atoms with Crippen molar-refractivity contribution >= 4 is 17.6 Å². The van der Waals surface area contributed by atoms with Gasteiger partial charge < -0.3 is 10.1 Å². The minimum absolute atomic E-state index is 0.239. The molecule has 0 saturated heterocycles. The minimum Gasteiger partial charge on any atom is -0.468 e. The molecule has 4 heteroatoms. The highest BCUT2D eigenvalue weighted by atomic mass is 35.5. The smallest absolute Gasteiger partial charge is 0.319 e. The first-order chi connectivity index (χ1) is 4.31. The van der Waals surface area contributed by atoms with Gasteiger partial charge in [-0.05, 0) is 0 Å². The van der Waals surface area contributed by atoms with Gasteiger partial charge in [0.25, 0.3) is 0 Å². The van der Waals surface area contributed by atoms with Crippen LogP contribution in [0.2, 0.25) is 0 Å². The molecule has 0 aromatic rings. The fourth-order valence-electron chi connectivity index (χ4n) is 0.329. The average Bonchev–Trinajstić information content (AvgIpc) is 1.89. The third kappa shape index (κ3) is 5.59. The van der Waals surface area contributed by atoms with Gasteiger partial charge in [0.2, 0.25) is 0 Å². The molecule has 9 heavy (non-hydrogen) atoms. The number of alkyl halides is 1. The monoisotopic (exact) mass is 151 g/mol. The molecule has 0 atom stereocenters. The zero-order valence-electron chi connectivity index (χ0n) is 5.32. The van der Waals surface area contributed by atoms with Crippen LogP contribution in [0, 0.1) is 0 Å². The normalized spacial score (nSPS) is 9.11. The molecule has 0 spiro atoms. The summed E-state index contributed by atoms with van der Waals surface area (Å²) in [6.45, 7) is 0.875. The number of halogens is 1. The molecule has 0 aliphatic carbocycles. The molecule has 0 heterocycles. The Morgan fingerprint density at radius 1 is 1.78 bits per heavy atom. The Bertz CT molecular complexity index is 87.0.